The normalized spacial score (nSPS) is 9.82. The van der Waals surface area contributed by atoms with Gasteiger partial charge in [-0.2, -0.15) is 0 Å². The lowest BCUT2D eigenvalue weighted by atomic mass is 10.2. The van der Waals surface area contributed by atoms with Crippen LogP contribution in [0.15, 0.2) is 12.1 Å². The highest BCUT2D eigenvalue weighted by Crippen LogP contribution is 2.19. The van der Waals surface area contributed by atoms with Crippen molar-refractivity contribution >= 4 is 5.69 Å². The first-order valence-corrected chi connectivity index (χ1v) is 3.29. The van der Waals surface area contributed by atoms with Gasteiger partial charge >= 0.3 is 0 Å². The van der Waals surface area contributed by atoms with Gasteiger partial charge in [-0.15, -0.1) is 0 Å². The third kappa shape index (κ3) is 1.31. The third-order valence-electron chi connectivity index (χ3n) is 1.61. The molecule has 0 aliphatic carbocycles. The number of hydrogen-bond donors (Lipinski definition) is 1. The van der Waals surface area contributed by atoms with Gasteiger partial charge in [-0.25, -0.2) is 8.78 Å². The van der Waals surface area contributed by atoms with Gasteiger partial charge in [0, 0.05) is 18.3 Å². The number of rotatable bonds is 1. The summed E-state index contributed by atoms with van der Waals surface area (Å²) in [7, 11) is 1.67. The van der Waals surface area contributed by atoms with Gasteiger partial charge < -0.3 is 5.32 Å². The molecule has 1 rings (SSSR count). The molecule has 0 bridgehead atoms. The van der Waals surface area contributed by atoms with Crippen LogP contribution in [0, 0.1) is 18.6 Å². The lowest BCUT2D eigenvalue weighted by Gasteiger charge is -2.05. The molecule has 1 N–H and O–H groups in total. The van der Waals surface area contributed by atoms with E-state index < -0.39 is 11.6 Å². The summed E-state index contributed by atoms with van der Waals surface area (Å²) in [5, 5.41) is 2.76. The molecular weight excluding hydrogens is 148 g/mol. The Morgan fingerprint density at radius 2 is 1.91 bits per heavy atom. The molecule has 0 amide bonds. The van der Waals surface area contributed by atoms with Gasteiger partial charge in [0.15, 0.2) is 11.6 Å². The molecule has 60 valence electrons. The first-order valence-electron chi connectivity index (χ1n) is 3.29. The van der Waals surface area contributed by atoms with E-state index in [9.17, 15) is 8.78 Å². The van der Waals surface area contributed by atoms with Crippen molar-refractivity contribution in [2.75, 3.05) is 12.4 Å². The molecule has 0 aliphatic rings. The smallest absolute Gasteiger partial charge is 0.163 e. The third-order valence-corrected chi connectivity index (χ3v) is 1.61. The molecule has 0 heterocycles. The van der Waals surface area contributed by atoms with E-state index >= 15 is 0 Å². The zero-order valence-electron chi connectivity index (χ0n) is 6.41. The summed E-state index contributed by atoms with van der Waals surface area (Å²) >= 11 is 0. The van der Waals surface area contributed by atoms with E-state index in [4.69, 9.17) is 0 Å². The van der Waals surface area contributed by atoms with E-state index in [0.29, 0.717) is 11.3 Å². The van der Waals surface area contributed by atoms with E-state index in [2.05, 4.69) is 5.32 Å². The zero-order valence-corrected chi connectivity index (χ0v) is 6.41. The predicted octanol–water partition coefficient (Wildman–Crippen LogP) is 2.31. The Labute approximate surface area is 64.0 Å². The molecule has 0 radical (unpaired) electrons. The van der Waals surface area contributed by atoms with Gasteiger partial charge in [-0.05, 0) is 19.1 Å². The standard InChI is InChI=1S/C8H9F2N/c1-5-7(11-2)4-3-6(9)8(5)10/h3-4,11H,1-2H3. The van der Waals surface area contributed by atoms with E-state index in [0.717, 1.165) is 6.07 Å². The Morgan fingerprint density at radius 3 is 2.45 bits per heavy atom. The van der Waals surface area contributed by atoms with Crippen LogP contribution < -0.4 is 5.32 Å². The minimum atomic E-state index is -0.804. The number of nitrogens with one attached hydrogen (secondary N) is 1. The summed E-state index contributed by atoms with van der Waals surface area (Å²) in [4.78, 5) is 0. The van der Waals surface area contributed by atoms with E-state index in [-0.39, 0.29) is 0 Å². The fourth-order valence-corrected chi connectivity index (χ4v) is 0.923. The van der Waals surface area contributed by atoms with E-state index in [1.165, 1.54) is 13.0 Å². The maximum absolute atomic E-state index is 12.8. The lowest BCUT2D eigenvalue weighted by Crippen LogP contribution is -1.96. The van der Waals surface area contributed by atoms with Gasteiger partial charge in [0.2, 0.25) is 0 Å². The highest BCUT2D eigenvalue weighted by molar-refractivity contribution is 5.50. The highest BCUT2D eigenvalue weighted by atomic mass is 19.2. The fourth-order valence-electron chi connectivity index (χ4n) is 0.923. The van der Waals surface area contributed by atoms with Crippen molar-refractivity contribution in [3.63, 3.8) is 0 Å². The molecule has 3 heteroatoms. The second-order valence-electron chi connectivity index (χ2n) is 2.28. The summed E-state index contributed by atoms with van der Waals surface area (Å²) in [6, 6.07) is 2.61. The topological polar surface area (TPSA) is 12.0 Å². The maximum Gasteiger partial charge on any atom is 0.163 e. The molecule has 0 aromatic heterocycles. The Balaban J connectivity index is 3.25. The first-order chi connectivity index (χ1) is 5.16. The minimum absolute atomic E-state index is 0.313. The molecule has 1 aromatic rings. The summed E-state index contributed by atoms with van der Waals surface area (Å²) in [5.74, 6) is -1.58. The van der Waals surface area contributed by atoms with Gasteiger partial charge in [-0.3, -0.25) is 0 Å². The molecule has 0 atom stereocenters. The molecule has 0 fully saturated rings. The van der Waals surface area contributed by atoms with Crippen LogP contribution in [0.25, 0.3) is 0 Å². The number of hydrogen-bond acceptors (Lipinski definition) is 1. The van der Waals surface area contributed by atoms with Crippen LogP contribution in [0.5, 0.6) is 0 Å². The molecule has 0 saturated carbocycles. The van der Waals surface area contributed by atoms with Crippen LogP contribution in [0.1, 0.15) is 5.56 Å². The van der Waals surface area contributed by atoms with Crippen molar-refractivity contribution in [3.05, 3.63) is 29.3 Å². The van der Waals surface area contributed by atoms with Gasteiger partial charge in [0.1, 0.15) is 0 Å². The number of halogens is 2. The van der Waals surface area contributed by atoms with Crippen LogP contribution in [-0.2, 0) is 0 Å². The second-order valence-corrected chi connectivity index (χ2v) is 2.28. The monoisotopic (exact) mass is 157 g/mol. The second kappa shape index (κ2) is 2.86. The Hall–Kier alpha value is -1.12. The summed E-state index contributed by atoms with van der Waals surface area (Å²) in [6.07, 6.45) is 0. The van der Waals surface area contributed by atoms with Gasteiger partial charge in [0.05, 0.1) is 0 Å². The summed E-state index contributed by atoms with van der Waals surface area (Å²) < 4.78 is 25.3. The maximum atomic E-state index is 12.8. The van der Waals surface area contributed by atoms with Crippen LogP contribution in [0.4, 0.5) is 14.5 Å². The van der Waals surface area contributed by atoms with Gasteiger partial charge in [-0.1, -0.05) is 0 Å². The largest absolute Gasteiger partial charge is 0.388 e. The van der Waals surface area contributed by atoms with Crippen LogP contribution in [0.2, 0.25) is 0 Å². The van der Waals surface area contributed by atoms with Crippen molar-refractivity contribution in [2.24, 2.45) is 0 Å². The highest BCUT2D eigenvalue weighted by Gasteiger charge is 2.07. The van der Waals surface area contributed by atoms with E-state index in [1.54, 1.807) is 7.05 Å². The Kier molecular flexibility index (Phi) is 2.08. The van der Waals surface area contributed by atoms with Crippen molar-refractivity contribution in [1.82, 2.24) is 0 Å². The predicted molar refractivity (Wildman–Crippen MR) is 40.6 cm³/mol. The molecule has 0 saturated heterocycles. The number of benzene rings is 1. The Bertz CT molecular complexity index is 271. The summed E-state index contributed by atoms with van der Waals surface area (Å²) in [5.41, 5.74) is 0.927. The van der Waals surface area contributed by atoms with Crippen molar-refractivity contribution in [2.45, 2.75) is 6.92 Å². The van der Waals surface area contributed by atoms with Crippen molar-refractivity contribution < 1.29 is 8.78 Å². The van der Waals surface area contributed by atoms with Crippen LogP contribution >= 0.6 is 0 Å². The number of anilines is 1. The lowest BCUT2D eigenvalue weighted by molar-refractivity contribution is 0.503. The average molecular weight is 157 g/mol. The minimum Gasteiger partial charge on any atom is -0.388 e. The Morgan fingerprint density at radius 1 is 1.27 bits per heavy atom. The molecular formula is C8H9F2N. The first kappa shape index (κ1) is 7.98. The molecule has 0 unspecified atom stereocenters. The molecule has 1 aromatic carbocycles. The fraction of sp³-hybridized carbons (Fsp3) is 0.250. The molecule has 0 aliphatic heterocycles. The van der Waals surface area contributed by atoms with Crippen molar-refractivity contribution in [1.29, 1.82) is 0 Å². The molecule has 0 spiro atoms. The van der Waals surface area contributed by atoms with E-state index in [1.807, 2.05) is 0 Å². The average Bonchev–Trinajstić information content (AvgIpc) is 2.01. The van der Waals surface area contributed by atoms with Gasteiger partial charge in [0.25, 0.3) is 0 Å². The SMILES string of the molecule is CNc1ccc(F)c(F)c1C. The van der Waals surface area contributed by atoms with Crippen molar-refractivity contribution in [3.8, 4) is 0 Å². The van der Waals surface area contributed by atoms with Crippen LogP contribution in [0.3, 0.4) is 0 Å². The quantitative estimate of drug-likeness (QED) is 0.659. The van der Waals surface area contributed by atoms with Crippen LogP contribution in [-0.4, -0.2) is 7.05 Å². The molecule has 1 nitrogen and oxygen atoms in total. The summed E-state index contributed by atoms with van der Waals surface area (Å²) in [6.45, 7) is 1.53. The molecule has 11 heavy (non-hydrogen) atoms. The zero-order chi connectivity index (χ0) is 8.43.